The molecule has 0 amide bonds. The molecule has 0 aliphatic rings. The molecule has 0 spiro atoms. The lowest BCUT2D eigenvalue weighted by Gasteiger charge is -1.99. The maximum absolute atomic E-state index is 9.91. The molecule has 0 heterocycles. The predicted octanol–water partition coefficient (Wildman–Crippen LogP) is 5.42. The first kappa shape index (κ1) is 18.2. The SMILES string of the molecule is CCCCCCC/C=C/CCCCCCCOC=O. The molecule has 0 aromatic heterocycles. The normalized spacial score (nSPS) is 11.0. The number of hydrogen-bond acceptors (Lipinski definition) is 2. The number of rotatable bonds is 15. The second kappa shape index (κ2) is 17.2. The van der Waals surface area contributed by atoms with E-state index in [1.54, 1.807) is 0 Å². The van der Waals surface area contributed by atoms with Gasteiger partial charge >= 0.3 is 0 Å². The van der Waals surface area contributed by atoms with Gasteiger partial charge in [-0.2, -0.15) is 0 Å². The Morgan fingerprint density at radius 1 is 0.737 bits per heavy atom. The molecular formula is C17H32O2. The maximum Gasteiger partial charge on any atom is 0.293 e. The third-order valence-electron chi connectivity index (χ3n) is 3.34. The average Bonchev–Trinajstić information content (AvgIpc) is 2.43. The molecule has 0 saturated carbocycles. The van der Waals surface area contributed by atoms with E-state index in [-0.39, 0.29) is 0 Å². The first-order valence-corrected chi connectivity index (χ1v) is 8.12. The highest BCUT2D eigenvalue weighted by atomic mass is 16.5. The summed E-state index contributed by atoms with van der Waals surface area (Å²) in [7, 11) is 0. The van der Waals surface area contributed by atoms with Gasteiger partial charge in [0.15, 0.2) is 0 Å². The van der Waals surface area contributed by atoms with E-state index >= 15 is 0 Å². The second-order valence-electron chi connectivity index (χ2n) is 5.20. The highest BCUT2D eigenvalue weighted by molar-refractivity contribution is 5.36. The summed E-state index contributed by atoms with van der Waals surface area (Å²) in [5.41, 5.74) is 0. The van der Waals surface area contributed by atoms with Crippen LogP contribution in [0.2, 0.25) is 0 Å². The molecule has 0 bridgehead atoms. The van der Waals surface area contributed by atoms with Crippen LogP contribution < -0.4 is 0 Å². The van der Waals surface area contributed by atoms with Gasteiger partial charge in [0.05, 0.1) is 6.61 Å². The van der Waals surface area contributed by atoms with Crippen LogP contribution in [-0.4, -0.2) is 13.1 Å². The van der Waals surface area contributed by atoms with Crippen molar-refractivity contribution in [1.82, 2.24) is 0 Å². The molecule has 2 nitrogen and oxygen atoms in total. The Bertz CT molecular complexity index is 199. The Morgan fingerprint density at radius 2 is 1.26 bits per heavy atom. The molecule has 2 heteroatoms. The summed E-state index contributed by atoms with van der Waals surface area (Å²) < 4.78 is 4.65. The fraction of sp³-hybridized carbons (Fsp3) is 0.824. The fourth-order valence-electron chi connectivity index (χ4n) is 2.13. The van der Waals surface area contributed by atoms with Gasteiger partial charge in [-0.05, 0) is 32.1 Å². The summed E-state index contributed by atoms with van der Waals surface area (Å²) in [4.78, 5) is 9.91. The third-order valence-corrected chi connectivity index (χ3v) is 3.34. The largest absolute Gasteiger partial charge is 0.468 e. The minimum absolute atomic E-state index is 0.535. The van der Waals surface area contributed by atoms with E-state index in [0.717, 1.165) is 6.42 Å². The molecule has 0 aromatic carbocycles. The Hall–Kier alpha value is -0.790. The van der Waals surface area contributed by atoms with Crippen LogP contribution in [0.15, 0.2) is 12.2 Å². The summed E-state index contributed by atoms with van der Waals surface area (Å²) in [5.74, 6) is 0. The fourth-order valence-corrected chi connectivity index (χ4v) is 2.13. The van der Waals surface area contributed by atoms with Crippen molar-refractivity contribution in [2.75, 3.05) is 6.61 Å². The quantitative estimate of drug-likeness (QED) is 0.225. The lowest BCUT2D eigenvalue weighted by molar-refractivity contribution is -0.128. The van der Waals surface area contributed by atoms with Crippen molar-refractivity contribution >= 4 is 6.47 Å². The van der Waals surface area contributed by atoms with Gasteiger partial charge in [0, 0.05) is 0 Å². The van der Waals surface area contributed by atoms with Gasteiger partial charge in [-0.15, -0.1) is 0 Å². The number of allylic oxidation sites excluding steroid dienone is 2. The van der Waals surface area contributed by atoms with Crippen molar-refractivity contribution in [3.05, 3.63) is 12.2 Å². The van der Waals surface area contributed by atoms with E-state index in [4.69, 9.17) is 0 Å². The number of ether oxygens (including phenoxy) is 1. The molecule has 0 rings (SSSR count). The minimum Gasteiger partial charge on any atom is -0.468 e. The summed E-state index contributed by atoms with van der Waals surface area (Å²) in [5, 5.41) is 0. The summed E-state index contributed by atoms with van der Waals surface area (Å²) >= 11 is 0. The van der Waals surface area contributed by atoms with Crippen LogP contribution in [0.25, 0.3) is 0 Å². The van der Waals surface area contributed by atoms with Gasteiger partial charge in [0.2, 0.25) is 0 Å². The number of carbonyl (C=O) groups is 1. The van der Waals surface area contributed by atoms with Crippen LogP contribution in [0, 0.1) is 0 Å². The van der Waals surface area contributed by atoms with E-state index in [9.17, 15) is 4.79 Å². The molecular weight excluding hydrogens is 236 g/mol. The predicted molar refractivity (Wildman–Crippen MR) is 82.2 cm³/mol. The van der Waals surface area contributed by atoms with Gasteiger partial charge in [-0.25, -0.2) is 0 Å². The zero-order valence-corrected chi connectivity index (χ0v) is 12.7. The van der Waals surface area contributed by atoms with Gasteiger partial charge in [0.1, 0.15) is 0 Å². The van der Waals surface area contributed by atoms with E-state index < -0.39 is 0 Å². The van der Waals surface area contributed by atoms with Crippen LogP contribution in [0.3, 0.4) is 0 Å². The molecule has 0 aromatic rings. The van der Waals surface area contributed by atoms with Gasteiger partial charge in [0.25, 0.3) is 6.47 Å². The number of carbonyl (C=O) groups excluding carboxylic acids is 1. The molecule has 0 aliphatic heterocycles. The minimum atomic E-state index is 0.535. The van der Waals surface area contributed by atoms with Crippen molar-refractivity contribution in [2.45, 2.75) is 84.0 Å². The standard InChI is InChI=1S/C17H32O2/c1-2-3-4-5-6-7-8-9-10-11-12-13-14-15-16-19-17-18/h8-9,17H,2-7,10-16H2,1H3/b9-8+. The molecule has 0 fully saturated rings. The Kier molecular flexibility index (Phi) is 16.5. The van der Waals surface area contributed by atoms with Crippen molar-refractivity contribution in [1.29, 1.82) is 0 Å². The van der Waals surface area contributed by atoms with Crippen molar-refractivity contribution in [3.63, 3.8) is 0 Å². The van der Waals surface area contributed by atoms with Crippen molar-refractivity contribution in [3.8, 4) is 0 Å². The van der Waals surface area contributed by atoms with Crippen LogP contribution in [0.5, 0.6) is 0 Å². The van der Waals surface area contributed by atoms with E-state index in [1.165, 1.54) is 70.6 Å². The molecule has 0 saturated heterocycles. The zero-order valence-electron chi connectivity index (χ0n) is 12.7. The highest BCUT2D eigenvalue weighted by Gasteiger charge is 1.90. The van der Waals surface area contributed by atoms with E-state index in [0.29, 0.717) is 13.1 Å². The molecule has 19 heavy (non-hydrogen) atoms. The average molecular weight is 268 g/mol. The smallest absolute Gasteiger partial charge is 0.293 e. The Morgan fingerprint density at radius 3 is 1.84 bits per heavy atom. The van der Waals surface area contributed by atoms with Gasteiger partial charge in [-0.1, -0.05) is 64.0 Å². The van der Waals surface area contributed by atoms with Gasteiger partial charge in [-0.3, -0.25) is 4.79 Å². The zero-order chi connectivity index (χ0) is 14.0. The van der Waals surface area contributed by atoms with E-state index in [2.05, 4.69) is 23.8 Å². The van der Waals surface area contributed by atoms with E-state index in [1.807, 2.05) is 0 Å². The molecule has 0 unspecified atom stereocenters. The number of hydrogen-bond donors (Lipinski definition) is 0. The third kappa shape index (κ3) is 17.2. The Labute approximate surface area is 119 Å². The molecule has 0 aliphatic carbocycles. The van der Waals surface area contributed by atoms with Crippen LogP contribution in [0.4, 0.5) is 0 Å². The molecule has 0 atom stereocenters. The van der Waals surface area contributed by atoms with Crippen LogP contribution in [-0.2, 0) is 9.53 Å². The van der Waals surface area contributed by atoms with Crippen molar-refractivity contribution < 1.29 is 9.53 Å². The highest BCUT2D eigenvalue weighted by Crippen LogP contribution is 2.08. The monoisotopic (exact) mass is 268 g/mol. The Balaban J connectivity index is 3.02. The van der Waals surface area contributed by atoms with Crippen LogP contribution in [0.1, 0.15) is 84.0 Å². The van der Waals surface area contributed by atoms with Gasteiger partial charge < -0.3 is 4.74 Å². The first-order valence-electron chi connectivity index (χ1n) is 8.12. The molecule has 112 valence electrons. The lowest BCUT2D eigenvalue weighted by atomic mass is 10.1. The summed E-state index contributed by atoms with van der Waals surface area (Å²) in [6.45, 7) is 3.38. The second-order valence-corrected chi connectivity index (χ2v) is 5.20. The topological polar surface area (TPSA) is 26.3 Å². The summed E-state index contributed by atoms with van der Waals surface area (Å²) in [6.07, 6.45) is 20.1. The van der Waals surface area contributed by atoms with Crippen molar-refractivity contribution in [2.24, 2.45) is 0 Å². The molecule has 0 N–H and O–H groups in total. The van der Waals surface area contributed by atoms with Crippen LogP contribution >= 0.6 is 0 Å². The molecule has 0 radical (unpaired) electrons. The summed E-state index contributed by atoms with van der Waals surface area (Å²) in [6, 6.07) is 0. The maximum atomic E-state index is 9.91. The lowest BCUT2D eigenvalue weighted by Crippen LogP contribution is -1.91. The number of unbranched alkanes of at least 4 members (excludes halogenated alkanes) is 10. The first-order chi connectivity index (χ1) is 9.41.